The molecule has 2 heterocycles. The number of anilines is 1. The van der Waals surface area contributed by atoms with E-state index in [4.69, 9.17) is 17.3 Å². The summed E-state index contributed by atoms with van der Waals surface area (Å²) in [7, 11) is 0. The smallest absolute Gasteiger partial charge is 0.172 e. The van der Waals surface area contributed by atoms with Gasteiger partial charge in [-0.3, -0.25) is 0 Å². The van der Waals surface area contributed by atoms with Crippen LogP contribution >= 0.6 is 27.5 Å². The summed E-state index contributed by atoms with van der Waals surface area (Å²) in [6.45, 7) is 0. The van der Waals surface area contributed by atoms with Crippen LogP contribution in [0, 0.1) is 0 Å². The average Bonchev–Trinajstić information content (AvgIpc) is 2.48. The summed E-state index contributed by atoms with van der Waals surface area (Å²) in [4.78, 5) is 4.10. The van der Waals surface area contributed by atoms with E-state index in [-0.39, 0.29) is 0 Å². The number of pyridine rings is 1. The molecule has 0 bridgehead atoms. The van der Waals surface area contributed by atoms with Crippen molar-refractivity contribution < 1.29 is 0 Å². The first kappa shape index (κ1) is 9.48. The van der Waals surface area contributed by atoms with E-state index in [2.05, 4.69) is 26.0 Å². The molecule has 0 saturated carbocycles. The second-order valence-electron chi connectivity index (χ2n) is 2.62. The molecule has 72 valence electrons. The normalized spacial score (nSPS) is 10.4. The van der Waals surface area contributed by atoms with E-state index in [1.807, 2.05) is 0 Å². The van der Waals surface area contributed by atoms with Gasteiger partial charge in [0.2, 0.25) is 0 Å². The Hall–Kier alpha value is -1.07. The van der Waals surface area contributed by atoms with Crippen molar-refractivity contribution in [2.75, 3.05) is 5.73 Å². The fraction of sp³-hybridized carbons (Fsp3) is 0. The molecule has 0 saturated heterocycles. The fourth-order valence-electron chi connectivity index (χ4n) is 1.02. The second kappa shape index (κ2) is 3.59. The quantitative estimate of drug-likeness (QED) is 0.867. The number of nitrogens with two attached hydrogens (primary N) is 1. The fourth-order valence-corrected chi connectivity index (χ4v) is 1.50. The Balaban J connectivity index is 2.55. The van der Waals surface area contributed by atoms with Crippen molar-refractivity contribution in [1.29, 1.82) is 0 Å². The minimum Gasteiger partial charge on any atom is -0.381 e. The van der Waals surface area contributed by atoms with Crippen molar-refractivity contribution in [3.05, 3.63) is 34.0 Å². The van der Waals surface area contributed by atoms with E-state index < -0.39 is 0 Å². The van der Waals surface area contributed by atoms with Crippen molar-refractivity contribution in [2.24, 2.45) is 0 Å². The second-order valence-corrected chi connectivity index (χ2v) is 3.88. The van der Waals surface area contributed by atoms with Gasteiger partial charge in [-0.15, -0.1) is 5.10 Å². The Kier molecular flexibility index (Phi) is 2.43. The lowest BCUT2D eigenvalue weighted by Gasteiger charge is -2.00. The van der Waals surface area contributed by atoms with Crippen LogP contribution in [0.3, 0.4) is 0 Å². The van der Waals surface area contributed by atoms with Crippen LogP contribution in [0.15, 0.2) is 29.0 Å². The summed E-state index contributed by atoms with van der Waals surface area (Å²) in [5.41, 5.74) is 5.58. The molecule has 0 unspecified atom stereocenters. The molecule has 4 nitrogen and oxygen atoms in total. The Bertz CT molecular complexity index is 449. The van der Waals surface area contributed by atoms with E-state index in [9.17, 15) is 0 Å². The molecule has 0 aliphatic rings. The third-order valence-corrected chi connectivity index (χ3v) is 2.56. The highest BCUT2D eigenvalue weighted by Crippen LogP contribution is 2.22. The number of hydrogen-bond donors (Lipinski definition) is 1. The van der Waals surface area contributed by atoms with E-state index >= 15 is 0 Å². The lowest BCUT2D eigenvalue weighted by molar-refractivity contribution is 0.851. The lowest BCUT2D eigenvalue weighted by atomic mass is 10.4. The van der Waals surface area contributed by atoms with Gasteiger partial charge in [-0.05, 0) is 28.1 Å². The van der Waals surface area contributed by atoms with Gasteiger partial charge in [-0.25, -0.2) is 9.67 Å². The number of aromatic nitrogens is 3. The van der Waals surface area contributed by atoms with Crippen LogP contribution in [-0.2, 0) is 0 Å². The van der Waals surface area contributed by atoms with Crippen LogP contribution in [-0.4, -0.2) is 14.8 Å². The van der Waals surface area contributed by atoms with Gasteiger partial charge in [0.05, 0.1) is 9.50 Å². The van der Waals surface area contributed by atoms with Crippen molar-refractivity contribution >= 4 is 33.3 Å². The summed E-state index contributed by atoms with van der Waals surface area (Å²) >= 11 is 9.20. The molecule has 0 aliphatic carbocycles. The molecule has 0 radical (unpaired) electrons. The Morgan fingerprint density at radius 3 is 2.86 bits per heavy atom. The SMILES string of the molecule is Nc1nn(-c2ncccc2Cl)cc1Br. The van der Waals surface area contributed by atoms with Gasteiger partial charge in [0.25, 0.3) is 0 Å². The molecule has 2 aromatic rings. The van der Waals surface area contributed by atoms with Gasteiger partial charge in [0.15, 0.2) is 11.6 Å². The minimum atomic E-state index is 0.409. The third kappa shape index (κ3) is 1.60. The Morgan fingerprint density at radius 2 is 2.29 bits per heavy atom. The minimum absolute atomic E-state index is 0.409. The summed E-state index contributed by atoms with van der Waals surface area (Å²) in [5, 5.41) is 4.57. The summed E-state index contributed by atoms with van der Waals surface area (Å²) < 4.78 is 2.25. The van der Waals surface area contributed by atoms with Crippen molar-refractivity contribution in [3.8, 4) is 5.82 Å². The van der Waals surface area contributed by atoms with E-state index in [0.717, 1.165) is 4.47 Å². The van der Waals surface area contributed by atoms with E-state index in [0.29, 0.717) is 16.7 Å². The van der Waals surface area contributed by atoms with Gasteiger partial charge in [0, 0.05) is 12.4 Å². The zero-order valence-electron chi connectivity index (χ0n) is 6.98. The first-order valence-electron chi connectivity index (χ1n) is 3.80. The van der Waals surface area contributed by atoms with Crippen LogP contribution in [0.5, 0.6) is 0 Å². The van der Waals surface area contributed by atoms with Crippen molar-refractivity contribution in [2.45, 2.75) is 0 Å². The molecule has 6 heteroatoms. The zero-order chi connectivity index (χ0) is 10.1. The monoisotopic (exact) mass is 272 g/mol. The number of nitrogen functional groups attached to an aromatic ring is 1. The maximum atomic E-state index is 5.94. The highest BCUT2D eigenvalue weighted by atomic mass is 79.9. The van der Waals surface area contributed by atoms with Gasteiger partial charge >= 0.3 is 0 Å². The molecule has 0 spiro atoms. The first-order chi connectivity index (χ1) is 6.68. The topological polar surface area (TPSA) is 56.7 Å². The van der Waals surface area contributed by atoms with Crippen LogP contribution in [0.4, 0.5) is 5.82 Å². The highest BCUT2D eigenvalue weighted by molar-refractivity contribution is 9.10. The standard InChI is InChI=1S/C8H6BrClN4/c9-5-4-14(13-7(5)11)8-6(10)2-1-3-12-8/h1-4H,(H2,11,13). The number of rotatable bonds is 1. The van der Waals surface area contributed by atoms with Crippen LogP contribution in [0.2, 0.25) is 5.02 Å². The Morgan fingerprint density at radius 1 is 1.50 bits per heavy atom. The zero-order valence-corrected chi connectivity index (χ0v) is 9.33. The van der Waals surface area contributed by atoms with Gasteiger partial charge in [-0.2, -0.15) is 0 Å². The van der Waals surface area contributed by atoms with Crippen LogP contribution in [0.1, 0.15) is 0 Å². The van der Waals surface area contributed by atoms with Crippen LogP contribution in [0.25, 0.3) is 5.82 Å². The van der Waals surface area contributed by atoms with Gasteiger partial charge < -0.3 is 5.73 Å². The highest BCUT2D eigenvalue weighted by Gasteiger charge is 2.07. The molecule has 0 fully saturated rings. The van der Waals surface area contributed by atoms with E-state index in [1.54, 1.807) is 24.5 Å². The molecular formula is C8H6BrClN4. The molecule has 0 atom stereocenters. The van der Waals surface area contributed by atoms with Crippen molar-refractivity contribution in [3.63, 3.8) is 0 Å². The van der Waals surface area contributed by atoms with Crippen molar-refractivity contribution in [1.82, 2.24) is 14.8 Å². The average molecular weight is 274 g/mol. The first-order valence-corrected chi connectivity index (χ1v) is 4.97. The van der Waals surface area contributed by atoms with Gasteiger partial charge in [-0.1, -0.05) is 11.6 Å². The van der Waals surface area contributed by atoms with Crippen LogP contribution < -0.4 is 5.73 Å². The summed E-state index contributed by atoms with van der Waals surface area (Å²) in [6, 6.07) is 3.50. The molecule has 2 N–H and O–H groups in total. The summed E-state index contributed by atoms with van der Waals surface area (Å²) in [5.74, 6) is 0.971. The molecule has 0 aromatic carbocycles. The predicted octanol–water partition coefficient (Wildman–Crippen LogP) is 2.27. The molecule has 2 aromatic heterocycles. The lowest BCUT2D eigenvalue weighted by Crippen LogP contribution is -1.99. The van der Waals surface area contributed by atoms with E-state index in [1.165, 1.54) is 4.68 Å². The number of halogens is 2. The molecule has 0 amide bonds. The molecule has 2 rings (SSSR count). The maximum absolute atomic E-state index is 5.94. The maximum Gasteiger partial charge on any atom is 0.172 e. The number of hydrogen-bond acceptors (Lipinski definition) is 3. The van der Waals surface area contributed by atoms with Gasteiger partial charge in [0.1, 0.15) is 0 Å². The predicted molar refractivity (Wildman–Crippen MR) is 58.5 cm³/mol. The molecule has 14 heavy (non-hydrogen) atoms. The largest absolute Gasteiger partial charge is 0.381 e. The Labute approximate surface area is 93.8 Å². The molecule has 0 aliphatic heterocycles. The third-order valence-electron chi connectivity index (χ3n) is 1.65. The number of nitrogens with zero attached hydrogens (tertiary/aromatic N) is 3. The summed E-state index contributed by atoms with van der Waals surface area (Å²) in [6.07, 6.45) is 3.36. The molecular weight excluding hydrogens is 267 g/mol.